The van der Waals surface area contributed by atoms with Crippen molar-refractivity contribution in [2.24, 2.45) is 0 Å². The smallest absolute Gasteiger partial charge is 0.335 e. The number of aromatic nitrogens is 2. The van der Waals surface area contributed by atoms with Crippen LogP contribution in [0.1, 0.15) is 10.4 Å². The van der Waals surface area contributed by atoms with E-state index in [1.165, 1.54) is 0 Å². The average molecular weight is 294 g/mol. The molecule has 0 saturated carbocycles. The van der Waals surface area contributed by atoms with Crippen LogP contribution >= 0.6 is 0 Å². The Morgan fingerprint density at radius 2 is 1.95 bits per heavy atom. The highest BCUT2D eigenvalue weighted by Crippen LogP contribution is 2.23. The highest BCUT2D eigenvalue weighted by molar-refractivity contribution is 5.88. The van der Waals surface area contributed by atoms with Gasteiger partial charge in [-0.1, -0.05) is 18.2 Å². The Morgan fingerprint density at radius 1 is 1.14 bits per heavy atom. The van der Waals surface area contributed by atoms with Gasteiger partial charge >= 0.3 is 5.97 Å². The van der Waals surface area contributed by atoms with E-state index >= 15 is 0 Å². The summed E-state index contributed by atoms with van der Waals surface area (Å²) in [7, 11) is 1.62. The summed E-state index contributed by atoms with van der Waals surface area (Å²) < 4.78 is 6.86. The Labute approximate surface area is 127 Å². The molecule has 3 rings (SSSR count). The molecule has 5 nitrogen and oxygen atoms in total. The maximum atomic E-state index is 11.0. The molecular weight excluding hydrogens is 280 g/mol. The fourth-order valence-electron chi connectivity index (χ4n) is 2.19. The van der Waals surface area contributed by atoms with Crippen molar-refractivity contribution < 1.29 is 14.6 Å². The van der Waals surface area contributed by atoms with Crippen molar-refractivity contribution in [3.8, 4) is 22.7 Å². The van der Waals surface area contributed by atoms with Gasteiger partial charge in [-0.15, -0.1) is 0 Å². The van der Waals surface area contributed by atoms with Crippen molar-refractivity contribution in [2.45, 2.75) is 0 Å². The third-order valence-corrected chi connectivity index (χ3v) is 3.31. The second-order valence-electron chi connectivity index (χ2n) is 4.73. The van der Waals surface area contributed by atoms with E-state index in [0.717, 1.165) is 17.0 Å². The molecule has 0 radical (unpaired) electrons. The van der Waals surface area contributed by atoms with Crippen LogP contribution < -0.4 is 4.74 Å². The van der Waals surface area contributed by atoms with E-state index in [9.17, 15) is 4.79 Å². The van der Waals surface area contributed by atoms with E-state index in [1.54, 1.807) is 36.2 Å². The first-order valence-corrected chi connectivity index (χ1v) is 6.71. The van der Waals surface area contributed by atoms with Gasteiger partial charge in [0.2, 0.25) is 0 Å². The van der Waals surface area contributed by atoms with Crippen LogP contribution in [0.2, 0.25) is 0 Å². The molecule has 1 heterocycles. The lowest BCUT2D eigenvalue weighted by atomic mass is 10.1. The lowest BCUT2D eigenvalue weighted by molar-refractivity contribution is 0.0697. The Bertz CT molecular complexity index is 824. The molecule has 5 heteroatoms. The molecule has 1 N–H and O–H groups in total. The molecule has 110 valence electrons. The van der Waals surface area contributed by atoms with Gasteiger partial charge in [0.05, 0.1) is 24.1 Å². The van der Waals surface area contributed by atoms with Gasteiger partial charge in [0.15, 0.2) is 0 Å². The van der Waals surface area contributed by atoms with E-state index in [2.05, 4.69) is 5.10 Å². The van der Waals surface area contributed by atoms with Gasteiger partial charge in [0, 0.05) is 11.8 Å². The van der Waals surface area contributed by atoms with Gasteiger partial charge in [-0.2, -0.15) is 5.10 Å². The fraction of sp³-hybridized carbons (Fsp3) is 0.0588. The van der Waals surface area contributed by atoms with Crippen LogP contribution in [0.25, 0.3) is 16.9 Å². The highest BCUT2D eigenvalue weighted by atomic mass is 16.5. The predicted molar refractivity (Wildman–Crippen MR) is 82.5 cm³/mol. The second kappa shape index (κ2) is 5.73. The van der Waals surface area contributed by atoms with E-state index in [4.69, 9.17) is 9.84 Å². The number of carboxylic acids is 1. The summed E-state index contributed by atoms with van der Waals surface area (Å²) in [6, 6.07) is 16.2. The Kier molecular flexibility index (Phi) is 3.62. The van der Waals surface area contributed by atoms with Crippen molar-refractivity contribution in [1.82, 2.24) is 9.78 Å². The van der Waals surface area contributed by atoms with Crippen LogP contribution in [-0.2, 0) is 0 Å². The minimum atomic E-state index is -0.956. The summed E-state index contributed by atoms with van der Waals surface area (Å²) in [5.74, 6) is -0.193. The van der Waals surface area contributed by atoms with Crippen molar-refractivity contribution in [2.75, 3.05) is 7.11 Å². The molecular formula is C17H14N2O3. The Hall–Kier alpha value is -3.08. The Morgan fingerprint density at radius 3 is 2.73 bits per heavy atom. The topological polar surface area (TPSA) is 64.3 Å². The van der Waals surface area contributed by atoms with Crippen LogP contribution in [0.15, 0.2) is 60.8 Å². The lowest BCUT2D eigenvalue weighted by Gasteiger charge is -2.03. The minimum Gasteiger partial charge on any atom is -0.497 e. The monoisotopic (exact) mass is 294 g/mol. The van der Waals surface area contributed by atoms with Gasteiger partial charge in [-0.25, -0.2) is 9.48 Å². The molecule has 1 aromatic heterocycles. The molecule has 2 aromatic carbocycles. The Balaban J connectivity index is 1.96. The number of hydrogen-bond donors (Lipinski definition) is 1. The van der Waals surface area contributed by atoms with E-state index < -0.39 is 5.97 Å². The SMILES string of the molecule is COc1cccc(-c2ccn(-c3cccc(C(=O)O)c3)n2)c1. The average Bonchev–Trinajstić information content (AvgIpc) is 3.05. The third-order valence-electron chi connectivity index (χ3n) is 3.31. The van der Waals surface area contributed by atoms with Crippen LogP contribution in [0.4, 0.5) is 0 Å². The molecule has 0 atom stereocenters. The molecule has 0 bridgehead atoms. The fourth-order valence-corrected chi connectivity index (χ4v) is 2.19. The molecule has 0 spiro atoms. The van der Waals surface area contributed by atoms with E-state index in [0.29, 0.717) is 5.69 Å². The van der Waals surface area contributed by atoms with Gasteiger partial charge in [0.1, 0.15) is 5.75 Å². The summed E-state index contributed by atoms with van der Waals surface area (Å²) in [5.41, 5.74) is 2.66. The second-order valence-corrected chi connectivity index (χ2v) is 4.73. The molecule has 22 heavy (non-hydrogen) atoms. The molecule has 0 aliphatic carbocycles. The van der Waals surface area contributed by atoms with Crippen molar-refractivity contribution in [3.05, 3.63) is 66.4 Å². The number of ether oxygens (including phenoxy) is 1. The third kappa shape index (κ3) is 2.69. The molecule has 0 saturated heterocycles. The van der Waals surface area contributed by atoms with E-state index in [1.807, 2.05) is 36.4 Å². The molecule has 0 aliphatic rings. The van der Waals surface area contributed by atoms with Gasteiger partial charge in [-0.3, -0.25) is 0 Å². The van der Waals surface area contributed by atoms with E-state index in [-0.39, 0.29) is 5.56 Å². The summed E-state index contributed by atoms with van der Waals surface area (Å²) in [6.45, 7) is 0. The zero-order chi connectivity index (χ0) is 15.5. The number of aromatic carboxylic acids is 1. The summed E-state index contributed by atoms with van der Waals surface area (Å²) in [5, 5.41) is 13.5. The zero-order valence-electron chi connectivity index (χ0n) is 11.9. The normalized spacial score (nSPS) is 10.4. The number of benzene rings is 2. The largest absolute Gasteiger partial charge is 0.497 e. The standard InChI is InChI=1S/C17H14N2O3/c1-22-15-7-3-4-12(11-15)16-8-9-19(18-16)14-6-2-5-13(10-14)17(20)21/h2-11H,1H3,(H,20,21). The molecule has 0 amide bonds. The maximum Gasteiger partial charge on any atom is 0.335 e. The highest BCUT2D eigenvalue weighted by Gasteiger charge is 2.07. The van der Waals surface area contributed by atoms with Crippen LogP contribution in [0.3, 0.4) is 0 Å². The number of carbonyl (C=O) groups is 1. The number of rotatable bonds is 4. The first-order valence-electron chi connectivity index (χ1n) is 6.71. The van der Waals surface area contributed by atoms with Crippen molar-refractivity contribution in [3.63, 3.8) is 0 Å². The number of methoxy groups -OCH3 is 1. The zero-order valence-corrected chi connectivity index (χ0v) is 11.9. The number of hydrogen-bond acceptors (Lipinski definition) is 3. The molecule has 0 fully saturated rings. The first kappa shape index (κ1) is 13.9. The maximum absolute atomic E-state index is 11.0. The van der Waals surface area contributed by atoms with Crippen molar-refractivity contribution >= 4 is 5.97 Å². The summed E-state index contributed by atoms with van der Waals surface area (Å²) >= 11 is 0. The minimum absolute atomic E-state index is 0.232. The van der Waals surface area contributed by atoms with Gasteiger partial charge in [0.25, 0.3) is 0 Å². The number of carboxylic acid groups (broad SMARTS) is 1. The number of nitrogens with zero attached hydrogens (tertiary/aromatic N) is 2. The van der Waals surface area contributed by atoms with Gasteiger partial charge in [-0.05, 0) is 36.4 Å². The lowest BCUT2D eigenvalue weighted by Crippen LogP contribution is -2.00. The van der Waals surface area contributed by atoms with Gasteiger partial charge < -0.3 is 9.84 Å². The van der Waals surface area contributed by atoms with Crippen LogP contribution in [0.5, 0.6) is 5.75 Å². The summed E-state index contributed by atoms with van der Waals surface area (Å²) in [6.07, 6.45) is 1.80. The predicted octanol–water partition coefficient (Wildman–Crippen LogP) is 3.25. The molecule has 0 aliphatic heterocycles. The van der Waals surface area contributed by atoms with Crippen LogP contribution in [0, 0.1) is 0 Å². The van der Waals surface area contributed by atoms with Crippen molar-refractivity contribution in [1.29, 1.82) is 0 Å². The first-order chi connectivity index (χ1) is 10.7. The quantitative estimate of drug-likeness (QED) is 0.802. The summed E-state index contributed by atoms with van der Waals surface area (Å²) in [4.78, 5) is 11.0. The molecule has 3 aromatic rings. The van der Waals surface area contributed by atoms with Crippen LogP contribution in [-0.4, -0.2) is 28.0 Å². The molecule has 0 unspecified atom stereocenters.